The van der Waals surface area contributed by atoms with E-state index in [0.29, 0.717) is 0 Å². The van der Waals surface area contributed by atoms with Crippen LogP contribution in [0, 0.1) is 0 Å². The smallest absolute Gasteiger partial charge is 0.307 e. The summed E-state index contributed by atoms with van der Waals surface area (Å²) in [6.07, 6.45) is 0.0834. The third-order valence-electron chi connectivity index (χ3n) is 3.23. The van der Waals surface area contributed by atoms with Crippen molar-refractivity contribution < 1.29 is 9.90 Å². The van der Waals surface area contributed by atoms with Crippen LogP contribution in [0.15, 0.2) is 58.8 Å². The summed E-state index contributed by atoms with van der Waals surface area (Å²) in [5.41, 5.74) is 2.20. The SMILES string of the molecule is O=C(O)Cc1ccc(SCc2csc3ccccc23)cc1. The summed E-state index contributed by atoms with van der Waals surface area (Å²) < 4.78 is 1.32. The van der Waals surface area contributed by atoms with E-state index in [-0.39, 0.29) is 6.42 Å². The molecule has 0 unspecified atom stereocenters. The molecule has 0 saturated heterocycles. The molecule has 0 amide bonds. The lowest BCUT2D eigenvalue weighted by molar-refractivity contribution is -0.136. The van der Waals surface area contributed by atoms with Crippen LogP contribution in [0.3, 0.4) is 0 Å². The lowest BCUT2D eigenvalue weighted by Crippen LogP contribution is -1.99. The van der Waals surface area contributed by atoms with Crippen molar-refractivity contribution in [2.45, 2.75) is 17.1 Å². The van der Waals surface area contributed by atoms with Gasteiger partial charge in [-0.3, -0.25) is 4.79 Å². The van der Waals surface area contributed by atoms with E-state index < -0.39 is 5.97 Å². The Balaban J connectivity index is 1.68. The van der Waals surface area contributed by atoms with Gasteiger partial charge in [-0.2, -0.15) is 0 Å². The first kappa shape index (κ1) is 14.2. The third kappa shape index (κ3) is 3.46. The van der Waals surface area contributed by atoms with E-state index in [9.17, 15) is 4.79 Å². The van der Waals surface area contributed by atoms with E-state index >= 15 is 0 Å². The first-order valence-electron chi connectivity index (χ1n) is 6.61. The molecule has 0 aliphatic heterocycles. The number of carboxylic acids is 1. The van der Waals surface area contributed by atoms with Crippen molar-refractivity contribution in [1.29, 1.82) is 0 Å². The topological polar surface area (TPSA) is 37.3 Å². The van der Waals surface area contributed by atoms with Gasteiger partial charge in [-0.05, 0) is 40.1 Å². The monoisotopic (exact) mass is 314 g/mol. The maximum atomic E-state index is 10.7. The number of hydrogen-bond donors (Lipinski definition) is 1. The van der Waals surface area contributed by atoms with Gasteiger partial charge < -0.3 is 5.11 Å². The van der Waals surface area contributed by atoms with Crippen LogP contribution in [0.1, 0.15) is 11.1 Å². The van der Waals surface area contributed by atoms with Gasteiger partial charge >= 0.3 is 5.97 Å². The van der Waals surface area contributed by atoms with Crippen molar-refractivity contribution in [3.63, 3.8) is 0 Å². The van der Waals surface area contributed by atoms with Crippen LogP contribution in [-0.4, -0.2) is 11.1 Å². The van der Waals surface area contributed by atoms with Gasteiger partial charge in [0.05, 0.1) is 6.42 Å². The second-order valence-corrected chi connectivity index (χ2v) is 6.72. The molecule has 1 aromatic heterocycles. The van der Waals surface area contributed by atoms with Crippen molar-refractivity contribution in [3.05, 3.63) is 65.0 Å². The Labute approximate surface area is 131 Å². The van der Waals surface area contributed by atoms with Gasteiger partial charge in [0.25, 0.3) is 0 Å². The molecule has 0 spiro atoms. The van der Waals surface area contributed by atoms with Gasteiger partial charge in [0.15, 0.2) is 0 Å². The molecule has 21 heavy (non-hydrogen) atoms. The highest BCUT2D eigenvalue weighted by molar-refractivity contribution is 7.98. The van der Waals surface area contributed by atoms with Crippen molar-refractivity contribution in [2.24, 2.45) is 0 Å². The molecule has 0 bridgehead atoms. The van der Waals surface area contributed by atoms with E-state index in [1.165, 1.54) is 20.5 Å². The molecule has 0 aliphatic carbocycles. The van der Waals surface area contributed by atoms with Crippen LogP contribution in [0.5, 0.6) is 0 Å². The fraction of sp³-hybridized carbons (Fsp3) is 0.118. The van der Waals surface area contributed by atoms with Crippen molar-refractivity contribution in [3.8, 4) is 0 Å². The molecule has 3 rings (SSSR count). The number of carbonyl (C=O) groups is 1. The minimum absolute atomic E-state index is 0.0834. The number of fused-ring (bicyclic) bond motifs is 1. The minimum Gasteiger partial charge on any atom is -0.481 e. The van der Waals surface area contributed by atoms with Gasteiger partial charge in [0.1, 0.15) is 0 Å². The Morgan fingerprint density at radius 1 is 1.10 bits per heavy atom. The van der Waals surface area contributed by atoms with Gasteiger partial charge in [0.2, 0.25) is 0 Å². The van der Waals surface area contributed by atoms with E-state index in [2.05, 4.69) is 29.6 Å². The molecule has 0 radical (unpaired) electrons. The van der Waals surface area contributed by atoms with Gasteiger partial charge in [0, 0.05) is 15.3 Å². The van der Waals surface area contributed by atoms with Crippen LogP contribution in [-0.2, 0) is 17.0 Å². The highest BCUT2D eigenvalue weighted by Crippen LogP contribution is 2.31. The standard InChI is InChI=1S/C17H14O2S2/c18-17(19)9-12-5-7-14(8-6-12)20-10-13-11-21-16-4-2-1-3-15(13)16/h1-8,11H,9-10H2,(H,18,19). The second-order valence-electron chi connectivity index (χ2n) is 4.76. The first-order valence-corrected chi connectivity index (χ1v) is 8.47. The van der Waals surface area contributed by atoms with E-state index in [1.807, 2.05) is 24.3 Å². The zero-order valence-electron chi connectivity index (χ0n) is 11.3. The largest absolute Gasteiger partial charge is 0.481 e. The third-order valence-corrected chi connectivity index (χ3v) is 5.31. The predicted molar refractivity (Wildman–Crippen MR) is 89.2 cm³/mol. The molecule has 0 aliphatic rings. The zero-order chi connectivity index (χ0) is 14.7. The Bertz CT molecular complexity index is 760. The van der Waals surface area contributed by atoms with Crippen LogP contribution in [0.2, 0.25) is 0 Å². The highest BCUT2D eigenvalue weighted by Gasteiger charge is 2.05. The van der Waals surface area contributed by atoms with Gasteiger partial charge in [-0.1, -0.05) is 30.3 Å². The maximum Gasteiger partial charge on any atom is 0.307 e. The Morgan fingerprint density at radius 3 is 2.62 bits per heavy atom. The molecule has 0 atom stereocenters. The molecule has 1 N–H and O–H groups in total. The van der Waals surface area contributed by atoms with Crippen LogP contribution in [0.25, 0.3) is 10.1 Å². The minimum atomic E-state index is -0.792. The number of rotatable bonds is 5. The summed E-state index contributed by atoms with van der Waals surface area (Å²) in [5.74, 6) is 0.141. The summed E-state index contributed by atoms with van der Waals surface area (Å²) in [4.78, 5) is 11.8. The van der Waals surface area contributed by atoms with Crippen LogP contribution < -0.4 is 0 Å². The second kappa shape index (κ2) is 6.33. The lowest BCUT2D eigenvalue weighted by atomic mass is 10.2. The summed E-state index contributed by atoms with van der Waals surface area (Å²) in [6.45, 7) is 0. The Morgan fingerprint density at radius 2 is 1.86 bits per heavy atom. The van der Waals surface area contributed by atoms with Crippen molar-refractivity contribution in [1.82, 2.24) is 0 Å². The Hall–Kier alpha value is -1.78. The zero-order valence-corrected chi connectivity index (χ0v) is 12.9. The summed E-state index contributed by atoms with van der Waals surface area (Å²) in [7, 11) is 0. The molecule has 0 saturated carbocycles. The number of carboxylic acid groups (broad SMARTS) is 1. The average molecular weight is 314 g/mol. The molecule has 3 aromatic rings. The van der Waals surface area contributed by atoms with Gasteiger partial charge in [-0.15, -0.1) is 23.1 Å². The quantitative estimate of drug-likeness (QED) is 0.686. The summed E-state index contributed by atoms with van der Waals surface area (Å²) in [6, 6.07) is 16.2. The molecule has 1 heterocycles. The maximum absolute atomic E-state index is 10.7. The number of benzene rings is 2. The number of aliphatic carboxylic acids is 1. The fourth-order valence-electron chi connectivity index (χ4n) is 2.18. The molecule has 2 aromatic carbocycles. The Kier molecular flexibility index (Phi) is 4.27. The molecule has 2 nitrogen and oxygen atoms in total. The number of hydrogen-bond acceptors (Lipinski definition) is 3. The fourth-order valence-corrected chi connectivity index (χ4v) is 4.14. The number of thiophene rings is 1. The molecular formula is C17H14O2S2. The van der Waals surface area contributed by atoms with Crippen molar-refractivity contribution >= 4 is 39.2 Å². The summed E-state index contributed by atoms with van der Waals surface area (Å²) >= 11 is 3.56. The normalized spacial score (nSPS) is 10.9. The molecule has 4 heteroatoms. The molecule has 0 fully saturated rings. The van der Waals surface area contributed by atoms with Crippen molar-refractivity contribution in [2.75, 3.05) is 0 Å². The van der Waals surface area contributed by atoms with E-state index in [1.54, 1.807) is 23.1 Å². The highest BCUT2D eigenvalue weighted by atomic mass is 32.2. The van der Waals surface area contributed by atoms with E-state index in [4.69, 9.17) is 5.11 Å². The predicted octanol–water partition coefficient (Wildman–Crippen LogP) is 4.82. The number of thioether (sulfide) groups is 1. The van der Waals surface area contributed by atoms with Gasteiger partial charge in [-0.25, -0.2) is 0 Å². The first-order chi connectivity index (χ1) is 10.2. The molecular weight excluding hydrogens is 300 g/mol. The average Bonchev–Trinajstić information content (AvgIpc) is 2.89. The molecule has 106 valence electrons. The van der Waals surface area contributed by atoms with Crippen LogP contribution >= 0.6 is 23.1 Å². The van der Waals surface area contributed by atoms with Crippen LogP contribution in [0.4, 0.5) is 0 Å². The summed E-state index contributed by atoms with van der Waals surface area (Å²) in [5, 5.41) is 12.3. The van der Waals surface area contributed by atoms with E-state index in [0.717, 1.165) is 11.3 Å². The lowest BCUT2D eigenvalue weighted by Gasteiger charge is -2.03.